The van der Waals surface area contributed by atoms with Crippen LogP contribution in [0.5, 0.6) is 0 Å². The van der Waals surface area contributed by atoms with Crippen molar-refractivity contribution in [2.75, 3.05) is 11.9 Å². The molecule has 1 aromatic rings. The van der Waals surface area contributed by atoms with E-state index in [4.69, 9.17) is 11.6 Å². The van der Waals surface area contributed by atoms with Gasteiger partial charge >= 0.3 is 0 Å². The number of aryl methyl sites for hydroxylation is 1. The summed E-state index contributed by atoms with van der Waals surface area (Å²) in [5.41, 5.74) is 1.61. The van der Waals surface area contributed by atoms with E-state index in [0.717, 1.165) is 18.4 Å². The van der Waals surface area contributed by atoms with Crippen molar-refractivity contribution in [3.05, 3.63) is 28.8 Å². The number of carbonyl (C=O) groups is 2. The molecule has 0 aromatic heterocycles. The van der Waals surface area contributed by atoms with Gasteiger partial charge in [0.15, 0.2) is 0 Å². The third-order valence-electron chi connectivity index (χ3n) is 2.85. The maximum absolute atomic E-state index is 11.7. The van der Waals surface area contributed by atoms with Crippen LogP contribution in [0, 0.1) is 12.8 Å². The van der Waals surface area contributed by atoms with Crippen molar-refractivity contribution in [3.63, 3.8) is 0 Å². The predicted octanol–water partition coefficient (Wildman–Crippen LogP) is 2.11. The Morgan fingerprint density at radius 1 is 1.39 bits per heavy atom. The van der Waals surface area contributed by atoms with Gasteiger partial charge in [-0.3, -0.25) is 9.59 Å². The maximum Gasteiger partial charge on any atom is 0.243 e. The minimum Gasteiger partial charge on any atom is -0.347 e. The van der Waals surface area contributed by atoms with Crippen LogP contribution in [0.1, 0.15) is 18.4 Å². The molecule has 0 atom stereocenters. The molecule has 2 N–H and O–H groups in total. The Kier molecular flexibility index (Phi) is 3.87. The summed E-state index contributed by atoms with van der Waals surface area (Å²) in [6.45, 7) is 1.88. The molecule has 1 saturated carbocycles. The molecule has 0 heterocycles. The van der Waals surface area contributed by atoms with Crippen molar-refractivity contribution in [2.45, 2.75) is 19.8 Å². The number of nitrogens with one attached hydrogen (secondary N) is 2. The van der Waals surface area contributed by atoms with Crippen molar-refractivity contribution < 1.29 is 9.59 Å². The Labute approximate surface area is 111 Å². The van der Waals surface area contributed by atoms with Crippen LogP contribution in [-0.2, 0) is 9.59 Å². The van der Waals surface area contributed by atoms with Crippen molar-refractivity contribution in [2.24, 2.45) is 5.92 Å². The van der Waals surface area contributed by atoms with Gasteiger partial charge in [0, 0.05) is 16.6 Å². The van der Waals surface area contributed by atoms with E-state index in [-0.39, 0.29) is 24.3 Å². The molecule has 0 saturated heterocycles. The zero-order valence-corrected chi connectivity index (χ0v) is 10.9. The molecule has 1 aliphatic rings. The van der Waals surface area contributed by atoms with Crippen LogP contribution < -0.4 is 10.6 Å². The Hall–Kier alpha value is -1.55. The number of amides is 2. The number of hydrogen-bond acceptors (Lipinski definition) is 2. The summed E-state index contributed by atoms with van der Waals surface area (Å²) in [5.74, 6) is -0.159. The average molecular weight is 267 g/mol. The minimum atomic E-state index is -0.241. The van der Waals surface area contributed by atoms with Crippen LogP contribution in [0.25, 0.3) is 0 Å². The van der Waals surface area contributed by atoms with Crippen LogP contribution >= 0.6 is 11.6 Å². The van der Waals surface area contributed by atoms with Gasteiger partial charge in [-0.15, -0.1) is 0 Å². The molecule has 1 fully saturated rings. The number of anilines is 1. The summed E-state index contributed by atoms with van der Waals surface area (Å²) < 4.78 is 0. The van der Waals surface area contributed by atoms with E-state index in [9.17, 15) is 9.59 Å². The quantitative estimate of drug-likeness (QED) is 0.877. The Morgan fingerprint density at radius 2 is 2.11 bits per heavy atom. The summed E-state index contributed by atoms with van der Waals surface area (Å²) in [6, 6.07) is 5.29. The molecule has 0 spiro atoms. The van der Waals surface area contributed by atoms with Crippen molar-refractivity contribution >= 4 is 29.1 Å². The largest absolute Gasteiger partial charge is 0.347 e. The lowest BCUT2D eigenvalue weighted by Crippen LogP contribution is -2.33. The van der Waals surface area contributed by atoms with Crippen molar-refractivity contribution in [1.82, 2.24) is 5.32 Å². The third kappa shape index (κ3) is 3.47. The number of carbonyl (C=O) groups excluding carboxylic acids is 2. The number of hydrogen-bond donors (Lipinski definition) is 2. The van der Waals surface area contributed by atoms with E-state index < -0.39 is 0 Å². The lowest BCUT2D eigenvalue weighted by atomic mass is 10.2. The summed E-state index contributed by atoms with van der Waals surface area (Å²) in [4.78, 5) is 23.0. The summed E-state index contributed by atoms with van der Waals surface area (Å²) >= 11 is 5.86. The third-order valence-corrected chi connectivity index (χ3v) is 3.08. The van der Waals surface area contributed by atoms with Gasteiger partial charge in [0.25, 0.3) is 0 Å². The number of halogens is 1. The van der Waals surface area contributed by atoms with E-state index >= 15 is 0 Å². The first-order valence-corrected chi connectivity index (χ1v) is 6.28. The molecule has 0 bridgehead atoms. The van der Waals surface area contributed by atoms with Crippen molar-refractivity contribution in [1.29, 1.82) is 0 Å². The van der Waals surface area contributed by atoms with Crippen LogP contribution in [0.3, 0.4) is 0 Å². The highest BCUT2D eigenvalue weighted by Gasteiger charge is 2.29. The second kappa shape index (κ2) is 5.40. The van der Waals surface area contributed by atoms with Crippen LogP contribution in [-0.4, -0.2) is 18.4 Å². The minimum absolute atomic E-state index is 0.00128. The van der Waals surface area contributed by atoms with E-state index in [1.807, 2.05) is 13.0 Å². The first-order valence-electron chi connectivity index (χ1n) is 5.90. The second-order valence-corrected chi connectivity index (χ2v) is 4.94. The topological polar surface area (TPSA) is 58.2 Å². The molecule has 0 aliphatic heterocycles. The molecular weight excluding hydrogens is 252 g/mol. The first-order chi connectivity index (χ1) is 8.56. The molecule has 4 nitrogen and oxygen atoms in total. The summed E-state index contributed by atoms with van der Waals surface area (Å²) in [5, 5.41) is 5.91. The molecule has 96 valence electrons. The van der Waals surface area contributed by atoms with E-state index in [1.165, 1.54) is 0 Å². The van der Waals surface area contributed by atoms with Crippen LogP contribution in [0.2, 0.25) is 5.02 Å². The smallest absolute Gasteiger partial charge is 0.243 e. The van der Waals surface area contributed by atoms with Crippen molar-refractivity contribution in [3.8, 4) is 0 Å². The van der Waals surface area contributed by atoms with Gasteiger partial charge in [0.1, 0.15) is 0 Å². The van der Waals surface area contributed by atoms with Gasteiger partial charge in [0.05, 0.1) is 6.54 Å². The van der Waals surface area contributed by atoms with Gasteiger partial charge in [-0.2, -0.15) is 0 Å². The highest BCUT2D eigenvalue weighted by atomic mass is 35.5. The lowest BCUT2D eigenvalue weighted by Gasteiger charge is -2.09. The number of benzene rings is 1. The molecular formula is C13H15ClN2O2. The highest BCUT2D eigenvalue weighted by Crippen LogP contribution is 2.28. The van der Waals surface area contributed by atoms with E-state index in [2.05, 4.69) is 10.6 Å². The predicted molar refractivity (Wildman–Crippen MR) is 70.6 cm³/mol. The average Bonchev–Trinajstić information content (AvgIpc) is 3.15. The SMILES string of the molecule is Cc1ccc(Cl)cc1NC(=O)CNC(=O)C1CC1. The molecule has 0 radical (unpaired) electrons. The molecule has 0 unspecified atom stereocenters. The Bertz CT molecular complexity index is 484. The summed E-state index contributed by atoms with van der Waals surface area (Å²) in [6.07, 6.45) is 1.86. The highest BCUT2D eigenvalue weighted by molar-refractivity contribution is 6.31. The fourth-order valence-electron chi connectivity index (χ4n) is 1.58. The maximum atomic E-state index is 11.7. The Morgan fingerprint density at radius 3 is 2.78 bits per heavy atom. The molecule has 2 rings (SSSR count). The van der Waals surface area contributed by atoms with Gasteiger partial charge in [-0.25, -0.2) is 0 Å². The summed E-state index contributed by atoms with van der Waals surface area (Å²) in [7, 11) is 0. The fourth-order valence-corrected chi connectivity index (χ4v) is 1.75. The molecule has 1 aromatic carbocycles. The zero-order valence-electron chi connectivity index (χ0n) is 10.1. The molecule has 2 amide bonds. The molecule has 1 aliphatic carbocycles. The Balaban J connectivity index is 1.86. The van der Waals surface area contributed by atoms with Crippen LogP contribution in [0.15, 0.2) is 18.2 Å². The molecule has 5 heteroatoms. The number of rotatable bonds is 4. The second-order valence-electron chi connectivity index (χ2n) is 4.50. The van der Waals surface area contributed by atoms with Gasteiger partial charge in [0.2, 0.25) is 11.8 Å². The monoisotopic (exact) mass is 266 g/mol. The standard InChI is InChI=1S/C13H15ClN2O2/c1-8-2-5-10(14)6-11(8)16-12(17)7-15-13(18)9-3-4-9/h2,5-6,9H,3-4,7H2,1H3,(H,15,18)(H,16,17). The van der Waals surface area contributed by atoms with Gasteiger partial charge < -0.3 is 10.6 Å². The van der Waals surface area contributed by atoms with E-state index in [0.29, 0.717) is 10.7 Å². The zero-order chi connectivity index (χ0) is 13.1. The van der Waals surface area contributed by atoms with Gasteiger partial charge in [-0.05, 0) is 37.5 Å². The lowest BCUT2D eigenvalue weighted by molar-refractivity contribution is -0.125. The van der Waals surface area contributed by atoms with Crippen LogP contribution in [0.4, 0.5) is 5.69 Å². The van der Waals surface area contributed by atoms with E-state index in [1.54, 1.807) is 12.1 Å². The molecule has 18 heavy (non-hydrogen) atoms. The fraction of sp³-hybridized carbons (Fsp3) is 0.385. The van der Waals surface area contributed by atoms with Gasteiger partial charge in [-0.1, -0.05) is 17.7 Å². The first kappa shape index (κ1) is 12.9. The normalized spacial score (nSPS) is 14.1.